The summed E-state index contributed by atoms with van der Waals surface area (Å²) in [6.45, 7) is 4.96. The van der Waals surface area contributed by atoms with Crippen molar-refractivity contribution in [3.8, 4) is 11.4 Å². The molecule has 4 aliphatic rings. The van der Waals surface area contributed by atoms with Crippen molar-refractivity contribution in [2.45, 2.75) is 146 Å². The Hall–Kier alpha value is -7.17. The summed E-state index contributed by atoms with van der Waals surface area (Å²) in [7, 11) is 0. The molecule has 0 unspecified atom stereocenters. The third kappa shape index (κ3) is 12.3. The Kier molecular flexibility index (Phi) is 17.9. The van der Waals surface area contributed by atoms with Crippen LogP contribution in [0.5, 0.6) is 0 Å². The minimum Gasteiger partial charge on any atom is -0.458 e. The number of urea groups is 1. The van der Waals surface area contributed by atoms with Crippen LogP contribution in [0, 0.1) is 18.7 Å². The number of nitrogens with one attached hydrogen (secondary N) is 6. The lowest BCUT2D eigenvalue weighted by Gasteiger charge is -2.31. The topological polar surface area (TPSA) is 410 Å². The molecule has 77 heavy (non-hydrogen) atoms. The summed E-state index contributed by atoms with van der Waals surface area (Å²) in [6.07, 6.45) is -4.86. The zero-order valence-electron chi connectivity index (χ0n) is 43.0. The first kappa shape index (κ1) is 57.5. The van der Waals surface area contributed by atoms with E-state index in [0.29, 0.717) is 51.9 Å². The highest BCUT2D eigenvalue weighted by atomic mass is 19.1. The number of hydrogen-bond donors (Lipinski definition) is 12. The molecule has 3 aliphatic heterocycles. The number of amides is 8. The van der Waals surface area contributed by atoms with Crippen LogP contribution in [0.4, 0.5) is 9.18 Å². The molecule has 0 radical (unpaired) electrons. The van der Waals surface area contributed by atoms with Gasteiger partial charge in [-0.05, 0) is 74.1 Å². The Balaban J connectivity index is 0.958. The number of esters is 1. The highest BCUT2D eigenvalue weighted by Crippen LogP contribution is 2.46. The average Bonchev–Trinajstić information content (AvgIpc) is 4.01. The maximum Gasteiger partial charge on any atom is 0.343 e. The number of halogens is 1. The zero-order chi connectivity index (χ0) is 56.2. The second-order valence-electron chi connectivity index (χ2n) is 20.0. The van der Waals surface area contributed by atoms with Crippen molar-refractivity contribution in [1.29, 1.82) is 0 Å². The van der Waals surface area contributed by atoms with Crippen molar-refractivity contribution in [2.75, 3.05) is 26.4 Å². The normalized spacial score (nSPS) is 22.2. The smallest absolute Gasteiger partial charge is 0.343 e. The van der Waals surface area contributed by atoms with Crippen LogP contribution in [0.2, 0.25) is 0 Å². The molecule has 26 nitrogen and oxygen atoms in total. The molecule has 27 heteroatoms. The summed E-state index contributed by atoms with van der Waals surface area (Å²) in [5.74, 6) is -6.11. The molecule has 5 heterocycles. The summed E-state index contributed by atoms with van der Waals surface area (Å²) in [5, 5.41) is 48.0. The molecule has 0 bridgehead atoms. The second-order valence-corrected chi connectivity index (χ2v) is 20.0. The van der Waals surface area contributed by atoms with Crippen molar-refractivity contribution in [2.24, 2.45) is 23.1 Å². The van der Waals surface area contributed by atoms with Crippen LogP contribution in [-0.2, 0) is 72.9 Å². The van der Waals surface area contributed by atoms with Gasteiger partial charge in [0.15, 0.2) is 5.60 Å². The SMILES string of the molecule is CC[C@@]1(O)C(=O)OCc2c1cc1n(c2=O)Cc2c-1nc1cc(F)c(C)c3c1c2[C@@H](NC(=O)COCNC(=O)[C@H](CCCNC(N)=O)NC(=O)[C@@H](NC(=O)[C@@H](N)CCC(=O)NC[C@H]1O[C@@H](CC(N)=O)[C@H](O)[C@@H]1O)C(C)C)CC3. The molecule has 15 N–H and O–H groups in total. The van der Waals surface area contributed by atoms with E-state index in [-0.39, 0.29) is 81.4 Å². The van der Waals surface area contributed by atoms with E-state index in [4.69, 9.17) is 36.4 Å². The maximum atomic E-state index is 15.4. The zero-order valence-corrected chi connectivity index (χ0v) is 43.0. The van der Waals surface area contributed by atoms with Gasteiger partial charge in [-0.15, -0.1) is 0 Å². The molecule has 1 fully saturated rings. The van der Waals surface area contributed by atoms with Crippen molar-refractivity contribution in [3.63, 3.8) is 0 Å². The lowest BCUT2D eigenvalue weighted by atomic mass is 9.81. The largest absolute Gasteiger partial charge is 0.458 e. The van der Waals surface area contributed by atoms with Crippen LogP contribution in [-0.4, -0.2) is 141 Å². The van der Waals surface area contributed by atoms with Crippen molar-refractivity contribution in [1.82, 2.24) is 41.5 Å². The number of nitrogens with zero attached hydrogens (tertiary/aromatic N) is 2. The number of aromatic nitrogens is 2. The third-order valence-corrected chi connectivity index (χ3v) is 14.5. The number of aliphatic hydroxyl groups is 3. The molecule has 0 spiro atoms. The number of rotatable bonds is 23. The number of hydrogen-bond acceptors (Lipinski definition) is 17. The molecule has 8 amide bonds. The number of benzene rings is 1. The van der Waals surface area contributed by atoms with Gasteiger partial charge in [0.1, 0.15) is 56.2 Å². The van der Waals surface area contributed by atoms with Crippen LogP contribution in [0.15, 0.2) is 16.9 Å². The minimum atomic E-state index is -2.07. The van der Waals surface area contributed by atoms with Crippen molar-refractivity contribution < 1.29 is 72.3 Å². The molecular weight excluding hydrogens is 1010 g/mol. The van der Waals surface area contributed by atoms with Crippen LogP contribution < -0.4 is 54.7 Å². The molecule has 7 rings (SSSR count). The summed E-state index contributed by atoms with van der Waals surface area (Å²) in [6, 6.07) is -2.39. The third-order valence-electron chi connectivity index (χ3n) is 14.5. The average molecular weight is 1080 g/mol. The minimum absolute atomic E-state index is 0.0234. The fourth-order valence-electron chi connectivity index (χ4n) is 10.2. The number of cyclic esters (lactones) is 1. The van der Waals surface area contributed by atoms with E-state index in [1.54, 1.807) is 33.8 Å². The van der Waals surface area contributed by atoms with Crippen LogP contribution in [0.3, 0.4) is 0 Å². The van der Waals surface area contributed by atoms with Gasteiger partial charge in [-0.1, -0.05) is 20.8 Å². The highest BCUT2D eigenvalue weighted by molar-refractivity contribution is 5.95. The predicted molar refractivity (Wildman–Crippen MR) is 268 cm³/mol. The van der Waals surface area contributed by atoms with E-state index in [9.17, 15) is 58.5 Å². The number of fused-ring (bicyclic) bond motifs is 5. The van der Waals surface area contributed by atoms with E-state index in [0.717, 1.165) is 0 Å². The molecule has 1 saturated heterocycles. The van der Waals surface area contributed by atoms with Gasteiger partial charge in [0.05, 0.1) is 53.6 Å². The van der Waals surface area contributed by atoms with Crippen LogP contribution in [0.1, 0.15) is 105 Å². The molecule has 2 aromatic heterocycles. The van der Waals surface area contributed by atoms with Gasteiger partial charge in [-0.25, -0.2) is 19.0 Å². The van der Waals surface area contributed by atoms with E-state index in [2.05, 4.69) is 31.9 Å². The Morgan fingerprint density at radius 1 is 0.948 bits per heavy atom. The highest BCUT2D eigenvalue weighted by Gasteiger charge is 2.47. The first-order valence-corrected chi connectivity index (χ1v) is 25.4. The monoisotopic (exact) mass is 1080 g/mol. The maximum absolute atomic E-state index is 15.4. The Morgan fingerprint density at radius 2 is 1.68 bits per heavy atom. The number of primary amides is 2. The summed E-state index contributed by atoms with van der Waals surface area (Å²) >= 11 is 0. The molecule has 1 aromatic carbocycles. The van der Waals surface area contributed by atoms with Gasteiger partial charge in [0, 0.05) is 42.1 Å². The molecule has 3 aromatic rings. The lowest BCUT2D eigenvalue weighted by Crippen LogP contribution is -2.57. The van der Waals surface area contributed by atoms with Crippen molar-refractivity contribution in [3.05, 3.63) is 61.7 Å². The predicted octanol–water partition coefficient (Wildman–Crippen LogP) is -2.62. The van der Waals surface area contributed by atoms with E-state index in [1.807, 2.05) is 0 Å². The van der Waals surface area contributed by atoms with Gasteiger partial charge in [-0.2, -0.15) is 0 Å². The fraction of sp³-hybridized carbons (Fsp3) is 0.560. The van der Waals surface area contributed by atoms with Crippen molar-refractivity contribution >= 4 is 58.3 Å². The molecule has 1 aliphatic carbocycles. The number of aliphatic hydroxyl groups excluding tert-OH is 2. The number of pyridine rings is 2. The first-order valence-electron chi connectivity index (χ1n) is 25.4. The number of carbonyl (C=O) groups excluding carboxylic acids is 8. The number of nitrogens with two attached hydrogens (primary N) is 3. The van der Waals surface area contributed by atoms with Gasteiger partial charge in [-0.3, -0.25) is 33.6 Å². The van der Waals surface area contributed by atoms with E-state index < -0.39 is 132 Å². The number of ether oxygens (including phenoxy) is 3. The quantitative estimate of drug-likeness (QED) is 0.0206. The Labute approximate surface area is 440 Å². The summed E-state index contributed by atoms with van der Waals surface area (Å²) < 4.78 is 33.1. The molecule has 0 saturated carbocycles. The van der Waals surface area contributed by atoms with Crippen LogP contribution in [0.25, 0.3) is 22.3 Å². The van der Waals surface area contributed by atoms with E-state index in [1.165, 1.54) is 10.6 Å². The summed E-state index contributed by atoms with van der Waals surface area (Å²) in [4.78, 5) is 121. The van der Waals surface area contributed by atoms with Gasteiger partial charge >= 0.3 is 12.0 Å². The van der Waals surface area contributed by atoms with Crippen LogP contribution >= 0.6 is 0 Å². The first-order chi connectivity index (χ1) is 36.4. The summed E-state index contributed by atoms with van der Waals surface area (Å²) in [5.41, 5.74) is 17.3. The van der Waals surface area contributed by atoms with E-state index >= 15 is 4.39 Å². The fourth-order valence-corrected chi connectivity index (χ4v) is 10.2. The van der Waals surface area contributed by atoms with Gasteiger partial charge < -0.3 is 83.2 Å². The van der Waals surface area contributed by atoms with Gasteiger partial charge in [0.25, 0.3) is 5.56 Å². The Morgan fingerprint density at radius 3 is 2.36 bits per heavy atom. The standard InChI is InChI=1S/C50H66FN11O15/c1-5-50(74)26-13-32-41-24(17-62(32)47(71)25(26)18-76-48(50)72)39-29(10-8-23-22(4)27(51)14-31(59-41)38(23)39)58-37(65)19-75-20-57-45(69)30(7-6-12-55-49(54)73)60-46(70)40(21(2)3)61-44(68)28(52)9-11-36(64)56-16-34-43(67)42(66)33(77-34)15-35(53)63/h13-14,21,28-30,33-34,40,42-43,66-67,74H,5-12,15-20,52H2,1-4H3,(H2,53,63)(H,56,64)(H,57,69)(H,58,65)(H,60,70)(H,61,68)(H3,54,55,73)/t28-,29-,30-,33-,34+,40-,42-,43+,50-/m0/s1. The van der Waals surface area contributed by atoms with Gasteiger partial charge in [0.2, 0.25) is 35.4 Å². The Bertz CT molecular complexity index is 2920. The molecule has 418 valence electrons. The second kappa shape index (κ2) is 24.0. The molecular formula is C50H66FN11O15. The molecule has 9 atom stereocenters. The number of aryl methyl sites for hydroxylation is 1. The number of carbonyl (C=O) groups is 8. The lowest BCUT2D eigenvalue weighted by molar-refractivity contribution is -0.172.